The first-order valence-corrected chi connectivity index (χ1v) is 8.38. The van der Waals surface area contributed by atoms with E-state index < -0.39 is 24.2 Å². The van der Waals surface area contributed by atoms with E-state index >= 15 is 0 Å². The molecule has 1 aromatic carbocycles. The minimum absolute atomic E-state index is 0.0123. The van der Waals surface area contributed by atoms with Crippen LogP contribution >= 0.6 is 11.6 Å². The van der Waals surface area contributed by atoms with Gasteiger partial charge in [-0.15, -0.1) is 0 Å². The number of halogens is 1. The van der Waals surface area contributed by atoms with E-state index in [-0.39, 0.29) is 10.6 Å². The summed E-state index contributed by atoms with van der Waals surface area (Å²) in [5.41, 5.74) is 0.0123. The van der Waals surface area contributed by atoms with E-state index in [4.69, 9.17) is 16.9 Å². The maximum absolute atomic E-state index is 11.8. The number of nitriles is 1. The van der Waals surface area contributed by atoms with E-state index in [1.165, 1.54) is 18.2 Å². The third-order valence-corrected chi connectivity index (χ3v) is 5.13. The Hall–Kier alpha value is -1.82. The molecular weight excluding hydrogens is 324 g/mol. The molecule has 1 rings (SSSR count). The van der Waals surface area contributed by atoms with Crippen LogP contribution in [0.5, 0.6) is 0 Å². The molecule has 0 atom stereocenters. The molecule has 0 spiro atoms. The van der Waals surface area contributed by atoms with Gasteiger partial charge in [-0.2, -0.15) is 5.26 Å². The van der Waals surface area contributed by atoms with Gasteiger partial charge in [0, 0.05) is 11.5 Å². The second-order valence-electron chi connectivity index (χ2n) is 3.47. The van der Waals surface area contributed by atoms with Crippen LogP contribution in [0.4, 0.5) is 5.69 Å². The summed E-state index contributed by atoms with van der Waals surface area (Å²) < 4.78 is 48.0. The van der Waals surface area contributed by atoms with Crippen molar-refractivity contribution < 1.29 is 16.8 Å². The predicted molar refractivity (Wildman–Crippen MR) is 75.9 cm³/mol. The molecule has 0 radical (unpaired) electrons. The Bertz CT molecular complexity index is 805. The minimum Gasteiger partial charge on any atom is -0.279 e. The zero-order valence-corrected chi connectivity index (χ0v) is 12.3. The summed E-state index contributed by atoms with van der Waals surface area (Å²) in [6.45, 7) is 3.08. The van der Waals surface area contributed by atoms with Crippen LogP contribution in [0, 0.1) is 11.3 Å². The molecule has 0 bridgehead atoms. The Labute approximate surface area is 122 Å². The molecule has 0 unspecified atom stereocenters. The van der Waals surface area contributed by atoms with Crippen molar-refractivity contribution in [2.24, 2.45) is 0 Å². The van der Waals surface area contributed by atoms with Gasteiger partial charge >= 0.3 is 0 Å². The van der Waals surface area contributed by atoms with E-state index in [2.05, 4.69) is 11.3 Å². The van der Waals surface area contributed by atoms with Crippen LogP contribution in [-0.4, -0.2) is 16.8 Å². The van der Waals surface area contributed by atoms with Gasteiger partial charge in [-0.05, 0) is 18.2 Å². The molecule has 6 nitrogen and oxygen atoms in total. The molecule has 1 aromatic rings. The van der Waals surface area contributed by atoms with Crippen molar-refractivity contribution >= 4 is 37.1 Å². The number of hydrogen-bond acceptors (Lipinski definition) is 5. The summed E-state index contributed by atoms with van der Waals surface area (Å²) in [6, 6.07) is 6.64. The third-order valence-electron chi connectivity index (χ3n) is 2.03. The average Bonchev–Trinajstić information content (AvgIpc) is 2.36. The Morgan fingerprint density at radius 3 is 2.55 bits per heavy atom. The molecule has 0 aliphatic carbocycles. The molecule has 0 aliphatic rings. The van der Waals surface area contributed by atoms with E-state index in [9.17, 15) is 16.8 Å². The molecule has 0 heterocycles. The van der Waals surface area contributed by atoms with Gasteiger partial charge in [-0.1, -0.05) is 24.2 Å². The second kappa shape index (κ2) is 6.09. The van der Waals surface area contributed by atoms with Crippen LogP contribution in [0.1, 0.15) is 0 Å². The highest BCUT2D eigenvalue weighted by Crippen LogP contribution is 2.20. The van der Waals surface area contributed by atoms with Crippen molar-refractivity contribution in [3.05, 3.63) is 46.7 Å². The number of sulfonamides is 1. The number of nitrogens with zero attached hydrogens (tertiary/aromatic N) is 1. The molecular formula is C11H9ClN2O4S2. The number of nitrogens with one attached hydrogen (secondary N) is 1. The normalized spacial score (nSPS) is 12.0. The quantitative estimate of drug-likeness (QED) is 0.830. The van der Waals surface area contributed by atoms with E-state index in [0.29, 0.717) is 0 Å². The molecule has 106 valence electrons. The molecule has 0 saturated heterocycles. The van der Waals surface area contributed by atoms with Crippen molar-refractivity contribution in [3.63, 3.8) is 0 Å². The van der Waals surface area contributed by atoms with Crippen LogP contribution in [0.3, 0.4) is 0 Å². The van der Waals surface area contributed by atoms with Crippen molar-refractivity contribution in [3.8, 4) is 6.07 Å². The largest absolute Gasteiger partial charge is 0.279 e. The number of benzene rings is 1. The van der Waals surface area contributed by atoms with Gasteiger partial charge in [0.05, 0.1) is 16.7 Å². The number of rotatable bonds is 5. The van der Waals surface area contributed by atoms with Crippen LogP contribution in [0.15, 0.2) is 51.6 Å². The second-order valence-corrected chi connectivity index (χ2v) is 7.68. The van der Waals surface area contributed by atoms with Crippen LogP contribution < -0.4 is 4.72 Å². The lowest BCUT2D eigenvalue weighted by Gasteiger charge is -2.07. The Balaban J connectivity index is 3.20. The smallest absolute Gasteiger partial charge is 0.272 e. The predicted octanol–water partition coefficient (Wildman–Crippen LogP) is 1.95. The fraction of sp³-hybridized carbons (Fsp3) is 0. The highest BCUT2D eigenvalue weighted by atomic mass is 35.5. The Morgan fingerprint density at radius 2 is 2.00 bits per heavy atom. The Morgan fingerprint density at radius 1 is 1.35 bits per heavy atom. The lowest BCUT2D eigenvalue weighted by molar-refractivity contribution is 0.603. The molecule has 0 saturated carbocycles. The standard InChI is InChI=1S/C11H9ClN2O4S2/c1-9(12)20(17,18)14-10-4-2-5-11(8-10)19(15,16)7-3-6-13/h2-5,7-8,14H,1H2. The highest BCUT2D eigenvalue weighted by molar-refractivity contribution is 7.98. The topological polar surface area (TPSA) is 104 Å². The van der Waals surface area contributed by atoms with E-state index in [1.807, 2.05) is 0 Å². The zero-order chi connectivity index (χ0) is 15.4. The zero-order valence-electron chi connectivity index (χ0n) is 9.95. The SMILES string of the molecule is C=C(Cl)S(=O)(=O)Nc1cccc(S(=O)(=O)C=CC#N)c1. The maximum atomic E-state index is 11.8. The van der Waals surface area contributed by atoms with Gasteiger partial charge < -0.3 is 0 Å². The summed E-state index contributed by atoms with van der Waals surface area (Å²) in [4.78, 5) is -0.163. The first-order valence-electron chi connectivity index (χ1n) is 4.97. The fourth-order valence-electron chi connectivity index (χ4n) is 1.15. The first-order chi connectivity index (χ1) is 9.19. The van der Waals surface area contributed by atoms with Crippen molar-refractivity contribution in [1.82, 2.24) is 0 Å². The molecule has 0 fully saturated rings. The number of hydrogen-bond donors (Lipinski definition) is 1. The van der Waals surface area contributed by atoms with E-state index in [0.717, 1.165) is 17.6 Å². The van der Waals surface area contributed by atoms with Crippen LogP contribution in [-0.2, 0) is 19.9 Å². The number of allylic oxidation sites excluding steroid dienone is 1. The summed E-state index contributed by atoms with van der Waals surface area (Å²) >= 11 is 5.31. The van der Waals surface area contributed by atoms with Crippen molar-refractivity contribution in [2.45, 2.75) is 4.90 Å². The number of sulfone groups is 1. The highest BCUT2D eigenvalue weighted by Gasteiger charge is 2.15. The molecule has 1 N–H and O–H groups in total. The molecule has 0 aromatic heterocycles. The molecule has 20 heavy (non-hydrogen) atoms. The minimum atomic E-state index is -3.97. The monoisotopic (exact) mass is 332 g/mol. The lowest BCUT2D eigenvalue weighted by atomic mass is 10.3. The summed E-state index contributed by atoms with van der Waals surface area (Å²) in [5.74, 6) is 0. The van der Waals surface area contributed by atoms with Gasteiger partial charge in [0.15, 0.2) is 0 Å². The van der Waals surface area contributed by atoms with Crippen LogP contribution in [0.2, 0.25) is 0 Å². The van der Waals surface area contributed by atoms with Gasteiger partial charge in [-0.25, -0.2) is 16.8 Å². The molecule has 0 aliphatic heterocycles. The first kappa shape index (κ1) is 16.2. The maximum Gasteiger partial charge on any atom is 0.272 e. The van der Waals surface area contributed by atoms with Crippen molar-refractivity contribution in [1.29, 1.82) is 5.26 Å². The van der Waals surface area contributed by atoms with E-state index in [1.54, 1.807) is 6.07 Å². The van der Waals surface area contributed by atoms with Gasteiger partial charge in [-0.3, -0.25) is 4.72 Å². The lowest BCUT2D eigenvalue weighted by Crippen LogP contribution is -2.12. The Kier molecular flexibility index (Phi) is 4.94. The number of anilines is 1. The van der Waals surface area contributed by atoms with Gasteiger partial charge in [0.2, 0.25) is 9.84 Å². The average molecular weight is 333 g/mol. The van der Waals surface area contributed by atoms with Crippen LogP contribution in [0.25, 0.3) is 0 Å². The third kappa shape index (κ3) is 4.09. The molecule has 0 amide bonds. The summed E-state index contributed by atoms with van der Waals surface area (Å²) in [7, 11) is -7.79. The fourth-order valence-corrected chi connectivity index (χ4v) is 2.77. The summed E-state index contributed by atoms with van der Waals surface area (Å²) in [6.07, 6.45) is 0.812. The van der Waals surface area contributed by atoms with Gasteiger partial charge in [0.25, 0.3) is 10.0 Å². The molecule has 9 heteroatoms. The van der Waals surface area contributed by atoms with Gasteiger partial charge in [0.1, 0.15) is 4.36 Å². The summed E-state index contributed by atoms with van der Waals surface area (Å²) in [5, 5.41) is 9.05. The van der Waals surface area contributed by atoms with Crippen molar-refractivity contribution in [2.75, 3.05) is 4.72 Å².